The maximum Gasteiger partial charge on any atom is 0.262 e. The van der Waals surface area contributed by atoms with E-state index in [1.165, 1.54) is 12.1 Å². The lowest BCUT2D eigenvalue weighted by Crippen LogP contribution is -2.14. The molecule has 5 nitrogen and oxygen atoms in total. The highest BCUT2D eigenvalue weighted by molar-refractivity contribution is 9.10. The van der Waals surface area contributed by atoms with Crippen molar-refractivity contribution in [2.45, 2.75) is 18.7 Å². The van der Waals surface area contributed by atoms with E-state index in [-0.39, 0.29) is 4.90 Å². The predicted molar refractivity (Wildman–Crippen MR) is 93.7 cm³/mol. The van der Waals surface area contributed by atoms with Gasteiger partial charge in [0.25, 0.3) is 10.0 Å². The summed E-state index contributed by atoms with van der Waals surface area (Å²) in [5.41, 5.74) is 0.345. The van der Waals surface area contributed by atoms with Gasteiger partial charge in [-0.3, -0.25) is 4.72 Å². The summed E-state index contributed by atoms with van der Waals surface area (Å²) in [7, 11) is -3.72. The van der Waals surface area contributed by atoms with Gasteiger partial charge in [0.05, 0.1) is 23.8 Å². The van der Waals surface area contributed by atoms with Crippen molar-refractivity contribution in [3.05, 3.63) is 46.9 Å². The molecule has 0 unspecified atom stereocenters. The van der Waals surface area contributed by atoms with Gasteiger partial charge >= 0.3 is 0 Å². The van der Waals surface area contributed by atoms with Crippen LogP contribution in [-0.2, 0) is 10.0 Å². The van der Waals surface area contributed by atoms with Crippen LogP contribution in [0.5, 0.6) is 11.5 Å². The summed E-state index contributed by atoms with van der Waals surface area (Å²) in [6.07, 6.45) is 0. The second-order valence-electron chi connectivity index (χ2n) is 4.59. The van der Waals surface area contributed by atoms with Crippen molar-refractivity contribution in [3.8, 4) is 11.5 Å². The monoisotopic (exact) mass is 399 g/mol. The van der Waals surface area contributed by atoms with Crippen LogP contribution in [-0.4, -0.2) is 21.6 Å². The van der Waals surface area contributed by atoms with Crippen LogP contribution in [0.25, 0.3) is 0 Å². The van der Waals surface area contributed by atoms with Gasteiger partial charge in [-0.15, -0.1) is 0 Å². The highest BCUT2D eigenvalue weighted by atomic mass is 79.9. The molecule has 0 amide bonds. The second kappa shape index (κ2) is 7.70. The average molecular weight is 400 g/mol. The Kier molecular flexibility index (Phi) is 5.90. The molecule has 0 atom stereocenters. The molecule has 0 bridgehead atoms. The van der Waals surface area contributed by atoms with Gasteiger partial charge in [-0.05, 0) is 44.2 Å². The van der Waals surface area contributed by atoms with Crippen LogP contribution in [0, 0.1) is 0 Å². The Morgan fingerprint density at radius 1 is 1.04 bits per heavy atom. The number of anilines is 1. The predicted octanol–water partition coefficient (Wildman–Crippen LogP) is 4.05. The van der Waals surface area contributed by atoms with Crippen molar-refractivity contribution in [1.82, 2.24) is 0 Å². The van der Waals surface area contributed by atoms with Crippen LogP contribution in [0.4, 0.5) is 5.69 Å². The normalized spacial score (nSPS) is 11.1. The first-order valence-corrected chi connectivity index (χ1v) is 9.42. The number of sulfonamides is 1. The zero-order chi connectivity index (χ0) is 16.9. The molecule has 2 rings (SSSR count). The van der Waals surface area contributed by atoms with Crippen LogP contribution in [0.1, 0.15) is 13.8 Å². The minimum Gasteiger partial charge on any atom is -0.494 e. The van der Waals surface area contributed by atoms with E-state index in [1.54, 1.807) is 30.3 Å². The summed E-state index contributed by atoms with van der Waals surface area (Å²) in [6.45, 7) is 4.62. The summed E-state index contributed by atoms with van der Waals surface area (Å²) >= 11 is 3.27. The Bertz CT molecular complexity index is 777. The Morgan fingerprint density at radius 3 is 2.43 bits per heavy atom. The Balaban J connectivity index is 2.38. The maximum atomic E-state index is 12.6. The van der Waals surface area contributed by atoms with E-state index >= 15 is 0 Å². The number of benzene rings is 2. The van der Waals surface area contributed by atoms with Crippen molar-refractivity contribution in [3.63, 3.8) is 0 Å². The zero-order valence-electron chi connectivity index (χ0n) is 12.9. The molecule has 0 aliphatic heterocycles. The summed E-state index contributed by atoms with van der Waals surface area (Å²) in [6, 6.07) is 11.5. The molecule has 2 aromatic carbocycles. The van der Waals surface area contributed by atoms with Crippen molar-refractivity contribution < 1.29 is 17.9 Å². The fraction of sp³-hybridized carbons (Fsp3) is 0.250. The second-order valence-corrected chi connectivity index (χ2v) is 7.18. The van der Waals surface area contributed by atoms with E-state index in [0.29, 0.717) is 34.9 Å². The van der Waals surface area contributed by atoms with E-state index in [0.717, 1.165) is 0 Å². The number of nitrogens with one attached hydrogen (secondary N) is 1. The average Bonchev–Trinajstić information content (AvgIpc) is 2.50. The first-order chi connectivity index (χ1) is 11.0. The molecule has 0 aliphatic rings. The molecule has 0 fully saturated rings. The molecule has 7 heteroatoms. The van der Waals surface area contributed by atoms with Gasteiger partial charge in [0.2, 0.25) is 0 Å². The van der Waals surface area contributed by atoms with E-state index in [2.05, 4.69) is 20.7 Å². The number of hydrogen-bond acceptors (Lipinski definition) is 4. The van der Waals surface area contributed by atoms with Crippen molar-refractivity contribution in [2.24, 2.45) is 0 Å². The van der Waals surface area contributed by atoms with Crippen LogP contribution < -0.4 is 14.2 Å². The Labute approximate surface area is 144 Å². The smallest absolute Gasteiger partial charge is 0.262 e. The van der Waals surface area contributed by atoms with Gasteiger partial charge in [-0.1, -0.05) is 22.0 Å². The molecular formula is C16H18BrNO4S. The standard InChI is InChI=1S/C16H18BrNO4S/c1-3-21-13-8-9-16(22-4-2)15(11-13)18-23(19,20)14-7-5-6-12(17)10-14/h5-11,18H,3-4H2,1-2H3. The molecule has 0 heterocycles. The molecule has 124 valence electrons. The molecule has 0 spiro atoms. The summed E-state index contributed by atoms with van der Waals surface area (Å²) in [5.74, 6) is 1.03. The third-order valence-electron chi connectivity index (χ3n) is 2.91. The molecule has 0 saturated carbocycles. The molecular weight excluding hydrogens is 382 g/mol. The minimum absolute atomic E-state index is 0.163. The Hall–Kier alpha value is -1.73. The van der Waals surface area contributed by atoms with E-state index in [4.69, 9.17) is 9.47 Å². The Morgan fingerprint density at radius 2 is 1.78 bits per heavy atom. The topological polar surface area (TPSA) is 64.6 Å². The van der Waals surface area contributed by atoms with Gasteiger partial charge in [0, 0.05) is 10.5 Å². The van der Waals surface area contributed by atoms with Crippen LogP contribution in [0.15, 0.2) is 51.8 Å². The molecule has 0 saturated heterocycles. The molecule has 0 aliphatic carbocycles. The number of halogens is 1. The zero-order valence-corrected chi connectivity index (χ0v) is 15.3. The summed E-state index contributed by atoms with van der Waals surface area (Å²) in [4.78, 5) is 0.163. The van der Waals surface area contributed by atoms with E-state index < -0.39 is 10.0 Å². The first kappa shape index (κ1) is 17.6. The highest BCUT2D eigenvalue weighted by Crippen LogP contribution is 2.31. The fourth-order valence-electron chi connectivity index (χ4n) is 1.96. The van der Waals surface area contributed by atoms with Crippen LogP contribution in [0.3, 0.4) is 0 Å². The quantitative estimate of drug-likeness (QED) is 0.762. The lowest BCUT2D eigenvalue weighted by molar-refractivity contribution is 0.332. The van der Waals surface area contributed by atoms with Crippen molar-refractivity contribution in [1.29, 1.82) is 0 Å². The highest BCUT2D eigenvalue weighted by Gasteiger charge is 2.17. The van der Waals surface area contributed by atoms with Gasteiger partial charge in [0.1, 0.15) is 11.5 Å². The largest absolute Gasteiger partial charge is 0.494 e. The van der Waals surface area contributed by atoms with Gasteiger partial charge in [0.15, 0.2) is 0 Å². The van der Waals surface area contributed by atoms with Crippen LogP contribution in [0.2, 0.25) is 0 Å². The van der Waals surface area contributed by atoms with Gasteiger partial charge < -0.3 is 9.47 Å². The maximum absolute atomic E-state index is 12.6. The molecule has 0 radical (unpaired) electrons. The number of ether oxygens (including phenoxy) is 2. The number of hydrogen-bond donors (Lipinski definition) is 1. The third kappa shape index (κ3) is 4.62. The molecule has 0 aromatic heterocycles. The molecule has 2 aromatic rings. The fourth-order valence-corrected chi connectivity index (χ4v) is 3.62. The molecule has 1 N–H and O–H groups in total. The van der Waals surface area contributed by atoms with Gasteiger partial charge in [-0.25, -0.2) is 8.42 Å². The minimum atomic E-state index is -3.72. The van der Waals surface area contributed by atoms with Gasteiger partial charge in [-0.2, -0.15) is 0 Å². The number of rotatable bonds is 7. The lowest BCUT2D eigenvalue weighted by Gasteiger charge is -2.14. The van der Waals surface area contributed by atoms with Crippen molar-refractivity contribution >= 4 is 31.6 Å². The SMILES string of the molecule is CCOc1ccc(OCC)c(NS(=O)(=O)c2cccc(Br)c2)c1. The first-order valence-electron chi connectivity index (χ1n) is 7.14. The van der Waals surface area contributed by atoms with E-state index in [9.17, 15) is 8.42 Å². The van der Waals surface area contributed by atoms with E-state index in [1.807, 2.05) is 13.8 Å². The molecule has 23 heavy (non-hydrogen) atoms. The van der Waals surface area contributed by atoms with Crippen molar-refractivity contribution in [2.75, 3.05) is 17.9 Å². The van der Waals surface area contributed by atoms with Crippen LogP contribution >= 0.6 is 15.9 Å². The summed E-state index contributed by atoms with van der Waals surface area (Å²) in [5, 5.41) is 0. The lowest BCUT2D eigenvalue weighted by atomic mass is 10.3. The third-order valence-corrected chi connectivity index (χ3v) is 4.77. The summed E-state index contributed by atoms with van der Waals surface area (Å²) < 4.78 is 39.3.